The summed E-state index contributed by atoms with van der Waals surface area (Å²) in [5.74, 6) is -1.87. The van der Waals surface area contributed by atoms with Crippen molar-refractivity contribution < 1.29 is 32.6 Å². The predicted molar refractivity (Wildman–Crippen MR) is 82.3 cm³/mol. The summed E-state index contributed by atoms with van der Waals surface area (Å²) in [4.78, 5) is 13.1. The van der Waals surface area contributed by atoms with E-state index in [4.69, 9.17) is 0 Å². The standard InChI is InChI=1S/C17H21F4NO3/c1-2-5-16(15(24)25)6-7-22(10-14(16)23)9-11-8-12(18)3-4-13(11)17(19,20)21/h3-4,8,14,23H,2,5-7,9-10H2,1H3,(H,24,25)/t14-,16-/m0/s1. The van der Waals surface area contributed by atoms with Gasteiger partial charge in [-0.3, -0.25) is 9.69 Å². The molecule has 0 radical (unpaired) electrons. The number of aliphatic hydroxyl groups excluding tert-OH is 1. The minimum Gasteiger partial charge on any atom is -0.481 e. The van der Waals surface area contributed by atoms with Crippen molar-refractivity contribution in [1.82, 2.24) is 4.90 Å². The van der Waals surface area contributed by atoms with Crippen LogP contribution in [0.15, 0.2) is 18.2 Å². The third kappa shape index (κ3) is 4.12. The van der Waals surface area contributed by atoms with Crippen LogP contribution in [0.25, 0.3) is 0 Å². The number of alkyl halides is 3. The van der Waals surface area contributed by atoms with E-state index >= 15 is 0 Å². The van der Waals surface area contributed by atoms with E-state index in [2.05, 4.69) is 0 Å². The molecule has 2 rings (SSSR count). The van der Waals surface area contributed by atoms with Gasteiger partial charge in [-0.1, -0.05) is 13.3 Å². The van der Waals surface area contributed by atoms with Crippen molar-refractivity contribution >= 4 is 5.97 Å². The molecule has 1 fully saturated rings. The average molecular weight is 363 g/mol. The maximum atomic E-state index is 13.4. The molecule has 8 heteroatoms. The van der Waals surface area contributed by atoms with Crippen LogP contribution in [0, 0.1) is 11.2 Å². The van der Waals surface area contributed by atoms with Gasteiger partial charge >= 0.3 is 12.1 Å². The number of hydrogen-bond acceptors (Lipinski definition) is 3. The first-order valence-electron chi connectivity index (χ1n) is 8.09. The van der Waals surface area contributed by atoms with Gasteiger partial charge in [-0.05, 0) is 43.1 Å². The quantitative estimate of drug-likeness (QED) is 0.789. The Morgan fingerprint density at radius 2 is 2.08 bits per heavy atom. The Kier molecular flexibility index (Phi) is 5.73. The van der Waals surface area contributed by atoms with E-state index in [1.807, 2.05) is 6.92 Å². The number of rotatable bonds is 5. The smallest absolute Gasteiger partial charge is 0.416 e. The maximum absolute atomic E-state index is 13.4. The number of benzene rings is 1. The molecule has 2 atom stereocenters. The fraction of sp³-hybridized carbons (Fsp3) is 0.588. The number of likely N-dealkylation sites (tertiary alicyclic amines) is 1. The summed E-state index contributed by atoms with van der Waals surface area (Å²) in [5, 5.41) is 19.8. The van der Waals surface area contributed by atoms with Crippen molar-refractivity contribution in [3.05, 3.63) is 35.1 Å². The maximum Gasteiger partial charge on any atom is 0.416 e. The highest BCUT2D eigenvalue weighted by Gasteiger charge is 2.48. The van der Waals surface area contributed by atoms with Crippen molar-refractivity contribution in [2.24, 2.45) is 5.41 Å². The minimum absolute atomic E-state index is 0.0693. The highest BCUT2D eigenvalue weighted by molar-refractivity contribution is 5.75. The second-order valence-electron chi connectivity index (χ2n) is 6.51. The van der Waals surface area contributed by atoms with Crippen molar-refractivity contribution in [2.45, 2.75) is 45.0 Å². The Bertz CT molecular complexity index is 635. The topological polar surface area (TPSA) is 60.8 Å². The third-order valence-electron chi connectivity index (χ3n) is 4.83. The van der Waals surface area contributed by atoms with Crippen LogP contribution < -0.4 is 0 Å². The molecule has 0 spiro atoms. The van der Waals surface area contributed by atoms with E-state index in [-0.39, 0.29) is 31.6 Å². The first-order chi connectivity index (χ1) is 11.6. The normalized spacial score (nSPS) is 25.1. The first-order valence-corrected chi connectivity index (χ1v) is 8.09. The molecule has 1 aromatic rings. The van der Waals surface area contributed by atoms with Gasteiger partial charge in [0.25, 0.3) is 0 Å². The molecule has 1 aromatic carbocycles. The molecular formula is C17H21F4NO3. The highest BCUT2D eigenvalue weighted by Crippen LogP contribution is 2.38. The minimum atomic E-state index is -4.61. The molecule has 0 amide bonds. The van der Waals surface area contributed by atoms with E-state index in [0.717, 1.165) is 12.1 Å². The Morgan fingerprint density at radius 1 is 1.40 bits per heavy atom. The van der Waals surface area contributed by atoms with Gasteiger partial charge in [-0.15, -0.1) is 0 Å². The van der Waals surface area contributed by atoms with E-state index in [1.54, 1.807) is 0 Å². The van der Waals surface area contributed by atoms with Crippen LogP contribution in [0.2, 0.25) is 0 Å². The first kappa shape index (κ1) is 19.7. The summed E-state index contributed by atoms with van der Waals surface area (Å²) < 4.78 is 52.6. The average Bonchev–Trinajstić information content (AvgIpc) is 2.48. The lowest BCUT2D eigenvalue weighted by Crippen LogP contribution is -2.54. The monoisotopic (exact) mass is 363 g/mol. The molecule has 1 aliphatic heterocycles. The molecular weight excluding hydrogens is 342 g/mol. The third-order valence-corrected chi connectivity index (χ3v) is 4.83. The number of carbonyl (C=O) groups is 1. The molecule has 4 nitrogen and oxygen atoms in total. The molecule has 0 aromatic heterocycles. The van der Waals surface area contributed by atoms with Crippen LogP contribution in [0.5, 0.6) is 0 Å². The van der Waals surface area contributed by atoms with Gasteiger partial charge in [0.1, 0.15) is 5.82 Å². The Hall–Kier alpha value is -1.67. The van der Waals surface area contributed by atoms with E-state index in [0.29, 0.717) is 18.9 Å². The fourth-order valence-corrected chi connectivity index (χ4v) is 3.48. The molecule has 25 heavy (non-hydrogen) atoms. The van der Waals surface area contributed by atoms with Crippen molar-refractivity contribution in [3.63, 3.8) is 0 Å². The molecule has 0 unspecified atom stereocenters. The second-order valence-corrected chi connectivity index (χ2v) is 6.51. The van der Waals surface area contributed by atoms with Gasteiger partial charge in [0.15, 0.2) is 0 Å². The zero-order chi connectivity index (χ0) is 18.8. The fourth-order valence-electron chi connectivity index (χ4n) is 3.48. The molecule has 1 aliphatic rings. The van der Waals surface area contributed by atoms with Crippen LogP contribution in [0.4, 0.5) is 17.6 Å². The molecule has 0 bridgehead atoms. The van der Waals surface area contributed by atoms with Gasteiger partial charge in [0.05, 0.1) is 17.1 Å². The number of nitrogens with zero attached hydrogens (tertiary/aromatic N) is 1. The number of carboxylic acids is 1. The van der Waals surface area contributed by atoms with E-state index in [1.165, 1.54) is 4.90 Å². The molecule has 0 aliphatic carbocycles. The van der Waals surface area contributed by atoms with Crippen LogP contribution in [-0.4, -0.2) is 40.3 Å². The number of hydrogen-bond donors (Lipinski definition) is 2. The molecule has 1 saturated heterocycles. The zero-order valence-electron chi connectivity index (χ0n) is 13.8. The number of β-amino-alcohol motifs (C(OH)–C–C–N with tert-alkyl or cyclic N) is 1. The predicted octanol–water partition coefficient (Wildman–Crippen LogP) is 3.28. The van der Waals surface area contributed by atoms with Gasteiger partial charge in [0.2, 0.25) is 0 Å². The van der Waals surface area contributed by atoms with Crippen LogP contribution in [0.3, 0.4) is 0 Å². The number of aliphatic carboxylic acids is 1. The van der Waals surface area contributed by atoms with Gasteiger partial charge in [0, 0.05) is 13.1 Å². The summed E-state index contributed by atoms with van der Waals surface area (Å²) in [7, 11) is 0. The molecule has 1 heterocycles. The van der Waals surface area contributed by atoms with Crippen molar-refractivity contribution in [3.8, 4) is 0 Å². The summed E-state index contributed by atoms with van der Waals surface area (Å²) in [5.41, 5.74) is -2.43. The summed E-state index contributed by atoms with van der Waals surface area (Å²) in [6.07, 6.45) is -4.80. The zero-order valence-corrected chi connectivity index (χ0v) is 13.8. The van der Waals surface area contributed by atoms with E-state index < -0.39 is 35.0 Å². The highest BCUT2D eigenvalue weighted by atomic mass is 19.4. The molecule has 0 saturated carbocycles. The number of carboxylic acid groups (broad SMARTS) is 1. The summed E-state index contributed by atoms with van der Waals surface area (Å²) in [6, 6.07) is 2.29. The SMILES string of the molecule is CCC[C@]1(C(=O)O)CCN(Cc2cc(F)ccc2C(F)(F)F)C[C@@H]1O. The number of halogens is 4. The van der Waals surface area contributed by atoms with Crippen molar-refractivity contribution in [1.29, 1.82) is 0 Å². The largest absolute Gasteiger partial charge is 0.481 e. The van der Waals surface area contributed by atoms with Gasteiger partial charge in [-0.25, -0.2) is 4.39 Å². The molecule has 140 valence electrons. The summed E-state index contributed by atoms with van der Waals surface area (Å²) >= 11 is 0. The van der Waals surface area contributed by atoms with Crippen LogP contribution in [0.1, 0.15) is 37.3 Å². The number of aliphatic hydroxyl groups is 1. The van der Waals surface area contributed by atoms with Crippen molar-refractivity contribution in [2.75, 3.05) is 13.1 Å². The molecule has 2 N–H and O–H groups in total. The Labute approximate surface area is 143 Å². The van der Waals surface area contributed by atoms with Gasteiger partial charge < -0.3 is 10.2 Å². The lowest BCUT2D eigenvalue weighted by molar-refractivity contribution is -0.164. The second kappa shape index (κ2) is 7.29. The lowest BCUT2D eigenvalue weighted by atomic mass is 9.72. The lowest BCUT2D eigenvalue weighted by Gasteiger charge is -2.43. The Morgan fingerprint density at radius 3 is 2.60 bits per heavy atom. The van der Waals surface area contributed by atoms with E-state index in [9.17, 15) is 32.6 Å². The van der Waals surface area contributed by atoms with Crippen LogP contribution in [-0.2, 0) is 17.5 Å². The van der Waals surface area contributed by atoms with Crippen LogP contribution >= 0.6 is 0 Å². The van der Waals surface area contributed by atoms with Gasteiger partial charge in [-0.2, -0.15) is 13.2 Å². The summed E-state index contributed by atoms with van der Waals surface area (Å²) in [6.45, 7) is 1.76. The Balaban J connectivity index is 2.19. The number of piperidine rings is 1.